The van der Waals surface area contributed by atoms with Crippen molar-refractivity contribution in [1.29, 1.82) is 0 Å². The summed E-state index contributed by atoms with van der Waals surface area (Å²) in [6.07, 6.45) is 2.28. The van der Waals surface area contributed by atoms with Gasteiger partial charge in [0, 0.05) is 18.8 Å². The Hall–Kier alpha value is -1.42. The van der Waals surface area contributed by atoms with Crippen molar-refractivity contribution in [3.63, 3.8) is 0 Å². The number of nitrogens with one attached hydrogen (secondary N) is 1. The number of benzene rings is 1. The number of piperidine rings is 3. The number of carbonyl (C=O) groups excluding carboxylic acids is 1. The first-order chi connectivity index (χ1) is 8.72. The van der Waals surface area contributed by atoms with E-state index in [2.05, 4.69) is 0 Å². The van der Waals surface area contributed by atoms with Gasteiger partial charge in [0.05, 0.1) is 18.7 Å². The highest BCUT2D eigenvalue weighted by Crippen LogP contribution is 2.22. The molecule has 0 saturated carbocycles. The largest absolute Gasteiger partial charge is 0.452 e. The molecule has 4 rings (SSSR count). The van der Waals surface area contributed by atoms with Crippen LogP contribution in [0.1, 0.15) is 23.2 Å². The zero-order valence-electron chi connectivity index (χ0n) is 10.2. The number of fused-ring (bicyclic) bond motifs is 3. The molecule has 0 amide bonds. The Balaban J connectivity index is 1.68. The van der Waals surface area contributed by atoms with Crippen LogP contribution in [-0.2, 0) is 4.74 Å². The third kappa shape index (κ3) is 2.25. The minimum atomic E-state index is -0.399. The maximum atomic E-state index is 13.0. The van der Waals surface area contributed by atoms with Gasteiger partial charge in [-0.05, 0) is 18.2 Å². The molecule has 3 aliphatic rings. The second-order valence-electron chi connectivity index (χ2n) is 5.25. The Kier molecular flexibility index (Phi) is 3.04. The summed E-state index contributed by atoms with van der Waals surface area (Å²) in [5, 5.41) is 0. The average molecular weight is 250 g/mol. The minimum Gasteiger partial charge on any atom is -0.452 e. The number of ether oxygens (including phenoxy) is 1. The van der Waals surface area contributed by atoms with Crippen molar-refractivity contribution in [2.45, 2.75) is 18.9 Å². The summed E-state index contributed by atoms with van der Waals surface area (Å²) in [5.41, 5.74) is 0.307. The van der Waals surface area contributed by atoms with Crippen LogP contribution in [0.2, 0.25) is 0 Å². The molecule has 1 unspecified atom stereocenters. The van der Waals surface area contributed by atoms with E-state index in [1.807, 2.05) is 0 Å². The summed E-state index contributed by atoms with van der Waals surface area (Å²) in [7, 11) is 0. The minimum absolute atomic E-state index is 0.0123. The number of esters is 1. The van der Waals surface area contributed by atoms with Gasteiger partial charge in [-0.1, -0.05) is 6.07 Å². The summed E-state index contributed by atoms with van der Waals surface area (Å²) in [5.74, 6) is -0.295. The molecule has 0 aromatic heterocycles. The Labute approximate surface area is 106 Å². The first-order valence-electron chi connectivity index (χ1n) is 6.52. The SMILES string of the molecule is O=C(OC1C[NH+]2CCC1CC2)c1cccc(F)c1. The molecule has 1 aromatic carbocycles. The molecule has 1 aromatic rings. The van der Waals surface area contributed by atoms with Crippen LogP contribution in [0, 0.1) is 11.7 Å². The molecule has 0 aliphatic carbocycles. The van der Waals surface area contributed by atoms with Crippen LogP contribution in [0.3, 0.4) is 0 Å². The number of quaternary nitrogens is 1. The second-order valence-corrected chi connectivity index (χ2v) is 5.25. The summed E-state index contributed by atoms with van der Waals surface area (Å²) in [4.78, 5) is 13.5. The molecule has 2 bridgehead atoms. The Morgan fingerprint density at radius 2 is 2.11 bits per heavy atom. The molecule has 3 saturated heterocycles. The van der Waals surface area contributed by atoms with Crippen molar-refractivity contribution < 1.29 is 18.8 Å². The molecule has 3 fully saturated rings. The molecular formula is C14H17FNO2+. The Morgan fingerprint density at radius 3 is 2.72 bits per heavy atom. The van der Waals surface area contributed by atoms with E-state index in [-0.39, 0.29) is 6.10 Å². The number of carbonyl (C=O) groups is 1. The summed E-state index contributed by atoms with van der Waals surface area (Å²) in [6.45, 7) is 3.29. The second kappa shape index (κ2) is 4.69. The van der Waals surface area contributed by atoms with Gasteiger partial charge in [0.1, 0.15) is 12.4 Å². The van der Waals surface area contributed by atoms with Crippen LogP contribution in [0.5, 0.6) is 0 Å². The first kappa shape index (κ1) is 11.7. The molecule has 3 aliphatic heterocycles. The molecule has 3 nitrogen and oxygen atoms in total. The number of rotatable bonds is 2. The van der Waals surface area contributed by atoms with Gasteiger partial charge in [-0.2, -0.15) is 0 Å². The Morgan fingerprint density at radius 1 is 1.33 bits per heavy atom. The molecule has 4 heteroatoms. The molecule has 3 heterocycles. The smallest absolute Gasteiger partial charge is 0.338 e. The van der Waals surface area contributed by atoms with E-state index in [1.165, 1.54) is 36.2 Å². The summed E-state index contributed by atoms with van der Waals surface area (Å²) >= 11 is 0. The monoisotopic (exact) mass is 250 g/mol. The van der Waals surface area contributed by atoms with E-state index in [9.17, 15) is 9.18 Å². The van der Waals surface area contributed by atoms with Gasteiger partial charge in [0.15, 0.2) is 6.10 Å². The molecule has 0 spiro atoms. The van der Waals surface area contributed by atoms with Crippen molar-refractivity contribution in [1.82, 2.24) is 0 Å². The van der Waals surface area contributed by atoms with Gasteiger partial charge >= 0.3 is 5.97 Å². The van der Waals surface area contributed by atoms with Gasteiger partial charge in [-0.25, -0.2) is 9.18 Å². The van der Waals surface area contributed by atoms with E-state index >= 15 is 0 Å². The highest BCUT2D eigenvalue weighted by Gasteiger charge is 2.39. The lowest BCUT2D eigenvalue weighted by atomic mass is 9.86. The lowest BCUT2D eigenvalue weighted by molar-refractivity contribution is -0.920. The van der Waals surface area contributed by atoms with Gasteiger partial charge in [0.2, 0.25) is 0 Å². The van der Waals surface area contributed by atoms with E-state index in [0.29, 0.717) is 11.5 Å². The molecule has 18 heavy (non-hydrogen) atoms. The summed E-state index contributed by atoms with van der Waals surface area (Å²) < 4.78 is 18.6. The van der Waals surface area contributed by atoms with E-state index in [1.54, 1.807) is 6.07 Å². The maximum absolute atomic E-state index is 13.0. The zero-order valence-corrected chi connectivity index (χ0v) is 10.2. The Bertz CT molecular complexity index is 455. The maximum Gasteiger partial charge on any atom is 0.338 e. The van der Waals surface area contributed by atoms with Crippen LogP contribution >= 0.6 is 0 Å². The van der Waals surface area contributed by atoms with Gasteiger partial charge in [-0.3, -0.25) is 0 Å². The van der Waals surface area contributed by atoms with Gasteiger partial charge in [0.25, 0.3) is 0 Å². The molecule has 0 radical (unpaired) electrons. The fourth-order valence-electron chi connectivity index (χ4n) is 3.03. The molecule has 1 N–H and O–H groups in total. The van der Waals surface area contributed by atoms with Crippen molar-refractivity contribution in [3.05, 3.63) is 35.6 Å². The quantitative estimate of drug-likeness (QED) is 0.782. The lowest BCUT2D eigenvalue weighted by Gasteiger charge is -2.41. The van der Waals surface area contributed by atoms with Crippen LogP contribution in [-0.4, -0.2) is 31.7 Å². The first-order valence-corrected chi connectivity index (χ1v) is 6.52. The van der Waals surface area contributed by atoms with Crippen LogP contribution in [0.4, 0.5) is 4.39 Å². The van der Waals surface area contributed by atoms with E-state index in [0.717, 1.165) is 19.4 Å². The van der Waals surface area contributed by atoms with Crippen molar-refractivity contribution in [2.24, 2.45) is 5.92 Å². The summed E-state index contributed by atoms with van der Waals surface area (Å²) in [6, 6.07) is 5.69. The van der Waals surface area contributed by atoms with Crippen molar-refractivity contribution >= 4 is 5.97 Å². The van der Waals surface area contributed by atoms with E-state index in [4.69, 9.17) is 4.74 Å². The van der Waals surface area contributed by atoms with Gasteiger partial charge < -0.3 is 9.64 Å². The van der Waals surface area contributed by atoms with Crippen molar-refractivity contribution in [3.8, 4) is 0 Å². The van der Waals surface area contributed by atoms with Crippen LogP contribution in [0.25, 0.3) is 0 Å². The predicted octanol–water partition coefficient (Wildman–Crippen LogP) is 0.660. The molecule has 96 valence electrons. The number of hydrogen-bond acceptors (Lipinski definition) is 2. The highest BCUT2D eigenvalue weighted by molar-refractivity contribution is 5.89. The highest BCUT2D eigenvalue weighted by atomic mass is 19.1. The topological polar surface area (TPSA) is 30.7 Å². The number of hydrogen-bond donors (Lipinski definition) is 1. The third-order valence-corrected chi connectivity index (χ3v) is 4.07. The van der Waals surface area contributed by atoms with Crippen LogP contribution < -0.4 is 4.90 Å². The zero-order chi connectivity index (χ0) is 12.5. The predicted molar refractivity (Wildman–Crippen MR) is 63.9 cm³/mol. The lowest BCUT2D eigenvalue weighted by Crippen LogP contribution is -3.16. The normalized spacial score (nSPS) is 30.2. The molecular weight excluding hydrogens is 233 g/mol. The number of halogens is 1. The van der Waals surface area contributed by atoms with Crippen LogP contribution in [0.15, 0.2) is 24.3 Å². The van der Waals surface area contributed by atoms with E-state index < -0.39 is 11.8 Å². The average Bonchev–Trinajstić information content (AvgIpc) is 2.40. The fraction of sp³-hybridized carbons (Fsp3) is 0.500. The molecule has 1 atom stereocenters. The fourth-order valence-corrected chi connectivity index (χ4v) is 3.03. The van der Waals surface area contributed by atoms with Crippen molar-refractivity contribution in [2.75, 3.05) is 19.6 Å². The standard InChI is InChI=1S/C14H16FNO2/c15-12-3-1-2-11(8-12)14(17)18-13-9-16-6-4-10(13)5-7-16/h1-3,8,10,13H,4-7,9H2/p+1. The van der Waals surface area contributed by atoms with Gasteiger partial charge in [-0.15, -0.1) is 0 Å². The third-order valence-electron chi connectivity index (χ3n) is 4.07.